The van der Waals surface area contributed by atoms with E-state index in [1.807, 2.05) is 17.7 Å². The van der Waals surface area contributed by atoms with Gasteiger partial charge in [-0.15, -0.1) is 0 Å². The van der Waals surface area contributed by atoms with Crippen molar-refractivity contribution in [3.05, 3.63) is 30.1 Å². The number of amides is 1. The van der Waals surface area contributed by atoms with Gasteiger partial charge in [0, 0.05) is 38.8 Å². The smallest absolute Gasteiger partial charge is 0.309 e. The number of nitrogens with one attached hydrogen (secondary N) is 1. The van der Waals surface area contributed by atoms with Crippen LogP contribution in [0.1, 0.15) is 10.4 Å². The fourth-order valence-corrected chi connectivity index (χ4v) is 2.71. The van der Waals surface area contributed by atoms with Crippen molar-refractivity contribution in [1.82, 2.24) is 19.8 Å². The molecule has 2 aromatic rings. The van der Waals surface area contributed by atoms with Gasteiger partial charge in [0.05, 0.1) is 23.3 Å². The molecule has 1 aliphatic heterocycles. The number of aryl methyl sites for hydroxylation is 1. The number of hydrogen-bond donors (Lipinski definition) is 2. The number of hydrogen-bond acceptors (Lipinski definition) is 4. The van der Waals surface area contributed by atoms with Gasteiger partial charge >= 0.3 is 5.97 Å². The van der Waals surface area contributed by atoms with Crippen LogP contribution in [0.4, 0.5) is 0 Å². The largest absolute Gasteiger partial charge is 0.481 e. The molecule has 0 spiro atoms. The Morgan fingerprint density at radius 2 is 2.23 bits per heavy atom. The zero-order valence-corrected chi connectivity index (χ0v) is 12.3. The highest BCUT2D eigenvalue weighted by atomic mass is 16.4. The third-order valence-corrected chi connectivity index (χ3v) is 4.00. The van der Waals surface area contributed by atoms with Crippen molar-refractivity contribution in [1.29, 1.82) is 0 Å². The Balaban J connectivity index is 1.85. The van der Waals surface area contributed by atoms with E-state index in [1.165, 1.54) is 0 Å². The zero-order chi connectivity index (χ0) is 15.7. The van der Waals surface area contributed by atoms with Crippen LogP contribution in [0.2, 0.25) is 0 Å². The highest BCUT2D eigenvalue weighted by Crippen LogP contribution is 2.16. The van der Waals surface area contributed by atoms with Crippen molar-refractivity contribution in [2.75, 3.05) is 26.2 Å². The molecule has 1 aliphatic rings. The van der Waals surface area contributed by atoms with Gasteiger partial charge in [-0.2, -0.15) is 0 Å². The van der Waals surface area contributed by atoms with Crippen molar-refractivity contribution in [3.8, 4) is 0 Å². The lowest BCUT2D eigenvalue weighted by atomic mass is 10.1. The van der Waals surface area contributed by atoms with E-state index in [0.29, 0.717) is 25.2 Å². The molecular weight excluding hydrogens is 284 g/mol. The maximum absolute atomic E-state index is 12.6. The highest BCUT2D eigenvalue weighted by Gasteiger charge is 2.27. The summed E-state index contributed by atoms with van der Waals surface area (Å²) in [5, 5.41) is 12.2. The average molecular weight is 302 g/mol. The van der Waals surface area contributed by atoms with Gasteiger partial charge in [-0.1, -0.05) is 0 Å². The van der Waals surface area contributed by atoms with Crippen LogP contribution >= 0.6 is 0 Å². The monoisotopic (exact) mass is 302 g/mol. The quantitative estimate of drug-likeness (QED) is 0.834. The minimum absolute atomic E-state index is 0.150. The predicted octanol–water partition coefficient (Wildman–Crippen LogP) is 0.320. The lowest BCUT2D eigenvalue weighted by Crippen LogP contribution is -2.38. The third kappa shape index (κ3) is 2.67. The number of carboxylic acids is 1. The summed E-state index contributed by atoms with van der Waals surface area (Å²) >= 11 is 0. The lowest BCUT2D eigenvalue weighted by Gasteiger charge is -2.22. The Kier molecular flexibility index (Phi) is 3.81. The van der Waals surface area contributed by atoms with E-state index in [9.17, 15) is 14.7 Å². The van der Waals surface area contributed by atoms with Gasteiger partial charge in [-0.05, 0) is 18.2 Å². The molecule has 1 atom stereocenters. The van der Waals surface area contributed by atoms with Crippen LogP contribution in [-0.2, 0) is 11.8 Å². The maximum Gasteiger partial charge on any atom is 0.309 e. The van der Waals surface area contributed by atoms with E-state index in [4.69, 9.17) is 0 Å². The second-order valence-corrected chi connectivity index (χ2v) is 5.55. The minimum Gasteiger partial charge on any atom is -0.481 e. The first-order chi connectivity index (χ1) is 10.6. The third-order valence-electron chi connectivity index (χ3n) is 4.00. The number of benzene rings is 1. The number of carbonyl (C=O) groups is 2. The maximum atomic E-state index is 12.6. The summed E-state index contributed by atoms with van der Waals surface area (Å²) in [4.78, 5) is 29.7. The number of imidazole rings is 1. The second-order valence-electron chi connectivity index (χ2n) is 5.55. The Morgan fingerprint density at radius 3 is 3.00 bits per heavy atom. The molecule has 7 nitrogen and oxygen atoms in total. The molecule has 0 unspecified atom stereocenters. The van der Waals surface area contributed by atoms with Crippen molar-refractivity contribution < 1.29 is 14.7 Å². The molecule has 0 bridgehead atoms. The molecule has 0 saturated carbocycles. The minimum atomic E-state index is -0.882. The van der Waals surface area contributed by atoms with Crippen LogP contribution in [0, 0.1) is 5.92 Å². The van der Waals surface area contributed by atoms with Gasteiger partial charge in [-0.25, -0.2) is 4.98 Å². The first kappa shape index (κ1) is 14.5. The summed E-state index contributed by atoms with van der Waals surface area (Å²) in [6.07, 6.45) is 1.70. The fraction of sp³-hybridized carbons (Fsp3) is 0.400. The van der Waals surface area contributed by atoms with Crippen molar-refractivity contribution in [2.45, 2.75) is 0 Å². The molecule has 1 amide bonds. The van der Waals surface area contributed by atoms with E-state index in [1.54, 1.807) is 23.4 Å². The van der Waals surface area contributed by atoms with Crippen LogP contribution in [0.3, 0.4) is 0 Å². The Hall–Kier alpha value is -2.41. The van der Waals surface area contributed by atoms with Gasteiger partial charge in [0.1, 0.15) is 0 Å². The molecule has 1 aromatic heterocycles. The summed E-state index contributed by atoms with van der Waals surface area (Å²) in [6, 6.07) is 5.38. The fourth-order valence-electron chi connectivity index (χ4n) is 2.71. The van der Waals surface area contributed by atoms with Crippen molar-refractivity contribution >= 4 is 22.9 Å². The summed E-state index contributed by atoms with van der Waals surface area (Å²) in [7, 11) is 1.90. The van der Waals surface area contributed by atoms with Gasteiger partial charge in [0.2, 0.25) is 0 Å². The van der Waals surface area contributed by atoms with Crippen molar-refractivity contribution in [2.24, 2.45) is 13.0 Å². The first-order valence-electron chi connectivity index (χ1n) is 7.20. The van der Waals surface area contributed by atoms with E-state index >= 15 is 0 Å². The van der Waals surface area contributed by atoms with Gasteiger partial charge in [0.25, 0.3) is 5.91 Å². The standard InChI is InChI=1S/C15H18N4O3/c1-18-9-17-12-6-10(2-3-13(12)18)14(20)19-5-4-16-7-11(8-19)15(21)22/h2-3,6,9,11,16H,4-5,7-8H2,1H3,(H,21,22)/t11-/m1/s1. The number of aliphatic carboxylic acids is 1. The molecule has 1 aromatic carbocycles. The Labute approximate surface area is 127 Å². The zero-order valence-electron chi connectivity index (χ0n) is 12.3. The summed E-state index contributed by atoms with van der Waals surface area (Å²) in [6.45, 7) is 1.71. The van der Waals surface area contributed by atoms with E-state index in [2.05, 4.69) is 10.3 Å². The predicted molar refractivity (Wildman–Crippen MR) is 80.6 cm³/mol. The van der Waals surface area contributed by atoms with E-state index < -0.39 is 11.9 Å². The van der Waals surface area contributed by atoms with Crippen LogP contribution in [0.25, 0.3) is 11.0 Å². The summed E-state index contributed by atoms with van der Waals surface area (Å²) < 4.78 is 1.89. The average Bonchev–Trinajstić information content (AvgIpc) is 2.74. The molecule has 0 radical (unpaired) electrons. The lowest BCUT2D eigenvalue weighted by molar-refractivity contribution is -0.141. The van der Waals surface area contributed by atoms with Gasteiger partial charge in [-0.3, -0.25) is 9.59 Å². The molecule has 1 fully saturated rings. The van der Waals surface area contributed by atoms with Gasteiger partial charge in [0.15, 0.2) is 0 Å². The molecule has 7 heteroatoms. The van der Waals surface area contributed by atoms with Crippen LogP contribution in [-0.4, -0.2) is 57.6 Å². The van der Waals surface area contributed by atoms with Gasteiger partial charge < -0.3 is 19.9 Å². The number of aromatic nitrogens is 2. The molecule has 1 saturated heterocycles. The number of carboxylic acid groups (broad SMARTS) is 1. The summed E-state index contributed by atoms with van der Waals surface area (Å²) in [5.41, 5.74) is 2.26. The molecule has 116 valence electrons. The Bertz CT molecular complexity index is 725. The molecular formula is C15H18N4O3. The number of rotatable bonds is 2. The molecule has 2 heterocycles. The second kappa shape index (κ2) is 5.76. The number of nitrogens with zero attached hydrogens (tertiary/aromatic N) is 3. The summed E-state index contributed by atoms with van der Waals surface area (Å²) in [5.74, 6) is -1.61. The van der Waals surface area contributed by atoms with Crippen LogP contribution in [0.15, 0.2) is 24.5 Å². The van der Waals surface area contributed by atoms with Crippen molar-refractivity contribution in [3.63, 3.8) is 0 Å². The number of carbonyl (C=O) groups excluding carboxylic acids is 1. The van der Waals surface area contributed by atoms with E-state index in [0.717, 1.165) is 11.0 Å². The highest BCUT2D eigenvalue weighted by molar-refractivity contribution is 5.97. The normalized spacial score (nSPS) is 19.1. The molecule has 0 aliphatic carbocycles. The van der Waals surface area contributed by atoms with Crippen LogP contribution < -0.4 is 5.32 Å². The Morgan fingerprint density at radius 1 is 1.41 bits per heavy atom. The van der Waals surface area contributed by atoms with Crippen LogP contribution in [0.5, 0.6) is 0 Å². The first-order valence-corrected chi connectivity index (χ1v) is 7.20. The SMILES string of the molecule is Cn1cnc2cc(C(=O)N3CCNC[C@@H](C(=O)O)C3)ccc21. The number of fused-ring (bicyclic) bond motifs is 1. The molecule has 3 rings (SSSR count). The molecule has 22 heavy (non-hydrogen) atoms. The van der Waals surface area contributed by atoms with E-state index in [-0.39, 0.29) is 12.5 Å². The topological polar surface area (TPSA) is 87.5 Å². The molecule has 2 N–H and O–H groups in total.